The van der Waals surface area contributed by atoms with Gasteiger partial charge in [-0.3, -0.25) is 0 Å². The summed E-state index contributed by atoms with van der Waals surface area (Å²) in [5.41, 5.74) is 1.21. The molecule has 1 N–H and O–H groups in total. The number of halogens is 1. The third kappa shape index (κ3) is 3.62. The largest absolute Gasteiger partial charge is 0.375 e. The Morgan fingerprint density at radius 2 is 2.47 bits per heavy atom. The molecule has 2 atom stereocenters. The fourth-order valence-corrected chi connectivity index (χ4v) is 3.18. The van der Waals surface area contributed by atoms with Crippen molar-refractivity contribution in [2.45, 2.75) is 19.1 Å². The molecular formula is C13H18ClNOS. The second kappa shape index (κ2) is 6.64. The van der Waals surface area contributed by atoms with E-state index in [-0.39, 0.29) is 12.1 Å². The summed E-state index contributed by atoms with van der Waals surface area (Å²) in [4.78, 5) is 0. The second-order valence-electron chi connectivity index (χ2n) is 4.07. The predicted octanol–water partition coefficient (Wildman–Crippen LogP) is 3.12. The van der Waals surface area contributed by atoms with Crippen molar-refractivity contribution < 1.29 is 4.74 Å². The van der Waals surface area contributed by atoms with Crippen molar-refractivity contribution in [3.8, 4) is 0 Å². The molecule has 1 fully saturated rings. The highest BCUT2D eigenvalue weighted by Gasteiger charge is 2.25. The van der Waals surface area contributed by atoms with Crippen LogP contribution in [0.1, 0.15) is 18.5 Å². The Kier molecular flexibility index (Phi) is 5.16. The van der Waals surface area contributed by atoms with E-state index in [1.54, 1.807) is 0 Å². The van der Waals surface area contributed by atoms with E-state index in [1.165, 1.54) is 5.56 Å². The first-order chi connectivity index (χ1) is 8.31. The fourth-order valence-electron chi connectivity index (χ4n) is 2.08. The molecule has 17 heavy (non-hydrogen) atoms. The highest BCUT2D eigenvalue weighted by molar-refractivity contribution is 7.99. The van der Waals surface area contributed by atoms with Gasteiger partial charge in [0.1, 0.15) is 0 Å². The van der Waals surface area contributed by atoms with Gasteiger partial charge in [-0.25, -0.2) is 0 Å². The number of hydrogen-bond donors (Lipinski definition) is 1. The normalized spacial score (nSPS) is 22.4. The van der Waals surface area contributed by atoms with Crippen LogP contribution >= 0.6 is 23.4 Å². The minimum Gasteiger partial charge on any atom is -0.375 e. The number of nitrogens with one attached hydrogen (secondary N) is 1. The van der Waals surface area contributed by atoms with Crippen molar-refractivity contribution >= 4 is 23.4 Å². The summed E-state index contributed by atoms with van der Waals surface area (Å²) in [6.07, 6.45) is 0.243. The molecule has 94 valence electrons. The third-order valence-electron chi connectivity index (χ3n) is 2.85. The molecule has 1 aliphatic heterocycles. The van der Waals surface area contributed by atoms with E-state index in [2.05, 4.69) is 18.3 Å². The molecule has 0 amide bonds. The zero-order valence-electron chi connectivity index (χ0n) is 9.99. The van der Waals surface area contributed by atoms with Crippen molar-refractivity contribution in [2.24, 2.45) is 0 Å². The van der Waals surface area contributed by atoms with E-state index in [0.717, 1.165) is 29.7 Å². The van der Waals surface area contributed by atoms with Gasteiger partial charge in [-0.1, -0.05) is 30.7 Å². The van der Waals surface area contributed by atoms with Crippen LogP contribution in [0.2, 0.25) is 5.02 Å². The lowest BCUT2D eigenvalue weighted by Crippen LogP contribution is -2.38. The quantitative estimate of drug-likeness (QED) is 0.909. The Balaban J connectivity index is 2.15. The molecule has 0 spiro atoms. The number of likely N-dealkylation sites (N-methyl/N-ethyl adjacent to an activating group) is 1. The molecule has 0 radical (unpaired) electrons. The highest BCUT2D eigenvalue weighted by Crippen LogP contribution is 2.27. The fraction of sp³-hybridized carbons (Fsp3) is 0.538. The highest BCUT2D eigenvalue weighted by atomic mass is 35.5. The zero-order chi connectivity index (χ0) is 12.1. The van der Waals surface area contributed by atoms with Crippen LogP contribution in [0, 0.1) is 0 Å². The van der Waals surface area contributed by atoms with Gasteiger partial charge >= 0.3 is 0 Å². The van der Waals surface area contributed by atoms with Gasteiger partial charge in [-0.05, 0) is 24.2 Å². The Morgan fingerprint density at radius 3 is 3.12 bits per heavy atom. The molecule has 2 unspecified atom stereocenters. The minimum atomic E-state index is 0.242. The molecule has 2 nitrogen and oxygen atoms in total. The molecule has 2 rings (SSSR count). The number of rotatable bonds is 4. The Labute approximate surface area is 112 Å². The minimum absolute atomic E-state index is 0.242. The van der Waals surface area contributed by atoms with Gasteiger partial charge in [0.2, 0.25) is 0 Å². The van der Waals surface area contributed by atoms with E-state index < -0.39 is 0 Å². The van der Waals surface area contributed by atoms with E-state index in [4.69, 9.17) is 16.3 Å². The van der Waals surface area contributed by atoms with Crippen LogP contribution in [-0.4, -0.2) is 30.8 Å². The molecule has 0 aromatic heterocycles. The van der Waals surface area contributed by atoms with Gasteiger partial charge in [0.25, 0.3) is 0 Å². The van der Waals surface area contributed by atoms with E-state index >= 15 is 0 Å². The lowest BCUT2D eigenvalue weighted by Gasteiger charge is -2.31. The molecule has 0 aliphatic carbocycles. The van der Waals surface area contributed by atoms with Crippen LogP contribution in [0.25, 0.3) is 0 Å². The summed E-state index contributed by atoms with van der Waals surface area (Å²) in [6.45, 7) is 3.90. The topological polar surface area (TPSA) is 21.3 Å². The first kappa shape index (κ1) is 13.2. The monoisotopic (exact) mass is 271 g/mol. The van der Waals surface area contributed by atoms with Crippen molar-refractivity contribution in [2.75, 3.05) is 24.7 Å². The number of ether oxygens (including phenoxy) is 1. The summed E-state index contributed by atoms with van der Waals surface area (Å²) in [5.74, 6) is 2.15. The van der Waals surface area contributed by atoms with E-state index in [9.17, 15) is 0 Å². The Hall–Kier alpha value is -0.220. The molecule has 0 saturated carbocycles. The second-order valence-corrected chi connectivity index (χ2v) is 5.66. The van der Waals surface area contributed by atoms with Gasteiger partial charge in [0, 0.05) is 16.5 Å². The van der Waals surface area contributed by atoms with Crippen molar-refractivity contribution in [1.82, 2.24) is 5.32 Å². The summed E-state index contributed by atoms with van der Waals surface area (Å²) < 4.78 is 5.86. The molecule has 1 aliphatic rings. The zero-order valence-corrected chi connectivity index (χ0v) is 11.6. The predicted molar refractivity (Wildman–Crippen MR) is 74.9 cm³/mol. The Morgan fingerprint density at radius 1 is 1.59 bits per heavy atom. The lowest BCUT2D eigenvalue weighted by molar-refractivity contribution is 0.0472. The third-order valence-corrected chi connectivity index (χ3v) is 4.10. The van der Waals surface area contributed by atoms with Crippen molar-refractivity contribution in [3.05, 3.63) is 34.9 Å². The van der Waals surface area contributed by atoms with Crippen LogP contribution in [0.4, 0.5) is 0 Å². The van der Waals surface area contributed by atoms with Crippen molar-refractivity contribution in [3.63, 3.8) is 0 Å². The van der Waals surface area contributed by atoms with Gasteiger partial charge in [0.15, 0.2) is 0 Å². The summed E-state index contributed by atoms with van der Waals surface area (Å²) in [5, 5.41) is 4.28. The maximum absolute atomic E-state index is 6.05. The van der Waals surface area contributed by atoms with E-state index in [0.29, 0.717) is 0 Å². The van der Waals surface area contributed by atoms with Crippen LogP contribution in [0.3, 0.4) is 0 Å². The Bertz CT molecular complexity index is 355. The average Bonchev–Trinajstić information content (AvgIpc) is 2.37. The first-order valence-electron chi connectivity index (χ1n) is 5.99. The van der Waals surface area contributed by atoms with Crippen LogP contribution in [0.15, 0.2) is 24.3 Å². The van der Waals surface area contributed by atoms with Gasteiger partial charge in [-0.2, -0.15) is 11.8 Å². The molecular weight excluding hydrogens is 254 g/mol. The molecule has 1 aromatic rings. The SMILES string of the molecule is CCNC(c1cccc(Cl)c1)C1CSCCO1. The lowest BCUT2D eigenvalue weighted by atomic mass is 10.0. The van der Waals surface area contributed by atoms with Crippen molar-refractivity contribution in [1.29, 1.82) is 0 Å². The maximum atomic E-state index is 6.05. The molecule has 4 heteroatoms. The first-order valence-corrected chi connectivity index (χ1v) is 7.52. The summed E-state index contributed by atoms with van der Waals surface area (Å²) >= 11 is 8.01. The number of thioether (sulfide) groups is 1. The van der Waals surface area contributed by atoms with Crippen LogP contribution in [0.5, 0.6) is 0 Å². The molecule has 1 aromatic carbocycles. The van der Waals surface area contributed by atoms with Gasteiger partial charge < -0.3 is 10.1 Å². The van der Waals surface area contributed by atoms with Gasteiger partial charge in [-0.15, -0.1) is 0 Å². The molecule has 0 bridgehead atoms. The smallest absolute Gasteiger partial charge is 0.0860 e. The number of benzene rings is 1. The number of hydrogen-bond acceptors (Lipinski definition) is 3. The van der Waals surface area contributed by atoms with Gasteiger partial charge in [0.05, 0.1) is 18.8 Å². The summed E-state index contributed by atoms with van der Waals surface area (Å²) in [6, 6.07) is 8.29. The van der Waals surface area contributed by atoms with Crippen LogP contribution < -0.4 is 5.32 Å². The standard InChI is InChI=1S/C13H18ClNOS/c1-2-15-13(12-9-17-7-6-16-12)10-4-3-5-11(14)8-10/h3-5,8,12-13,15H,2,6-7,9H2,1H3. The maximum Gasteiger partial charge on any atom is 0.0860 e. The van der Waals surface area contributed by atoms with Crippen LogP contribution in [-0.2, 0) is 4.74 Å². The molecule has 1 heterocycles. The average molecular weight is 272 g/mol. The summed E-state index contributed by atoms with van der Waals surface area (Å²) in [7, 11) is 0. The van der Waals surface area contributed by atoms with E-state index in [1.807, 2.05) is 30.0 Å². The molecule has 1 saturated heterocycles.